The normalized spacial score (nSPS) is 14.0. The molecule has 0 rings (SSSR count). The molecule has 0 saturated carbocycles. The highest BCUT2D eigenvalue weighted by atomic mass is 31.2. The van der Waals surface area contributed by atoms with E-state index in [0.717, 1.165) is 108 Å². The lowest BCUT2D eigenvalue weighted by Crippen LogP contribution is -2.30. The number of hydrogen-bond acceptors (Lipinski definition) is 15. The molecule has 17 nitrogen and oxygen atoms in total. The molecule has 0 fully saturated rings. The van der Waals surface area contributed by atoms with Crippen molar-refractivity contribution >= 4 is 39.5 Å². The summed E-state index contributed by atoms with van der Waals surface area (Å²) in [6.07, 6.45) is 56.1. The summed E-state index contributed by atoms with van der Waals surface area (Å²) >= 11 is 0. The lowest BCUT2D eigenvalue weighted by molar-refractivity contribution is -0.161. The lowest BCUT2D eigenvalue weighted by Gasteiger charge is -2.21. The molecule has 5 atom stereocenters. The van der Waals surface area contributed by atoms with Crippen LogP contribution in [0.1, 0.15) is 395 Å². The molecule has 0 aliphatic carbocycles. The third kappa shape index (κ3) is 70.3. The van der Waals surface area contributed by atoms with E-state index < -0.39 is 97.5 Å². The quantitative estimate of drug-likeness (QED) is 0.0222. The van der Waals surface area contributed by atoms with Crippen molar-refractivity contribution < 1.29 is 80.2 Å². The molecule has 0 aromatic carbocycles. The van der Waals surface area contributed by atoms with E-state index in [-0.39, 0.29) is 25.7 Å². The van der Waals surface area contributed by atoms with Crippen LogP contribution in [0.3, 0.4) is 0 Å². The van der Waals surface area contributed by atoms with Gasteiger partial charge in [-0.3, -0.25) is 37.3 Å². The lowest BCUT2D eigenvalue weighted by atomic mass is 10.0. The van der Waals surface area contributed by atoms with Crippen molar-refractivity contribution in [3.05, 3.63) is 0 Å². The molecular formula is C76H148O17P2. The van der Waals surface area contributed by atoms with Gasteiger partial charge >= 0.3 is 39.5 Å². The van der Waals surface area contributed by atoms with Gasteiger partial charge in [-0.1, -0.05) is 343 Å². The zero-order valence-corrected chi connectivity index (χ0v) is 63.8. The molecule has 564 valence electrons. The number of carbonyl (C=O) groups is 4. The number of carbonyl (C=O) groups excluding carboxylic acids is 4. The van der Waals surface area contributed by atoms with Gasteiger partial charge in [-0.15, -0.1) is 0 Å². The van der Waals surface area contributed by atoms with Crippen LogP contribution < -0.4 is 0 Å². The predicted octanol–water partition coefficient (Wildman–Crippen LogP) is 22.3. The Morgan fingerprint density at radius 2 is 0.484 bits per heavy atom. The Balaban J connectivity index is 5.12. The van der Waals surface area contributed by atoms with E-state index in [4.69, 9.17) is 37.0 Å². The number of ether oxygens (including phenoxy) is 4. The summed E-state index contributed by atoms with van der Waals surface area (Å²) in [5.74, 6) is -0.590. The van der Waals surface area contributed by atoms with Crippen molar-refractivity contribution in [3.63, 3.8) is 0 Å². The van der Waals surface area contributed by atoms with Gasteiger partial charge in [-0.05, 0) is 37.5 Å². The maximum atomic E-state index is 13.1. The Morgan fingerprint density at radius 1 is 0.284 bits per heavy atom. The Hall–Kier alpha value is -1.94. The Labute approximate surface area is 581 Å². The fraction of sp³-hybridized carbons (Fsp3) is 0.947. The van der Waals surface area contributed by atoms with Crippen LogP contribution >= 0.6 is 15.6 Å². The van der Waals surface area contributed by atoms with Gasteiger partial charge in [-0.2, -0.15) is 0 Å². The smallest absolute Gasteiger partial charge is 0.462 e. The highest BCUT2D eigenvalue weighted by Gasteiger charge is 2.30. The van der Waals surface area contributed by atoms with Gasteiger partial charge in [0.25, 0.3) is 0 Å². The number of esters is 4. The largest absolute Gasteiger partial charge is 0.472 e. The highest BCUT2D eigenvalue weighted by Crippen LogP contribution is 2.45. The van der Waals surface area contributed by atoms with Crippen LogP contribution in [0.25, 0.3) is 0 Å². The van der Waals surface area contributed by atoms with Crippen LogP contribution in [0, 0.1) is 11.8 Å². The summed E-state index contributed by atoms with van der Waals surface area (Å²) in [5.41, 5.74) is 0. The minimum atomic E-state index is -4.96. The van der Waals surface area contributed by atoms with Crippen LogP contribution in [0.2, 0.25) is 0 Å². The zero-order valence-electron chi connectivity index (χ0n) is 62.0. The predicted molar refractivity (Wildman–Crippen MR) is 386 cm³/mol. The maximum Gasteiger partial charge on any atom is 0.472 e. The Morgan fingerprint density at radius 3 is 0.716 bits per heavy atom. The summed E-state index contributed by atoms with van der Waals surface area (Å²) in [6, 6.07) is 0. The summed E-state index contributed by atoms with van der Waals surface area (Å²) in [4.78, 5) is 72.5. The third-order valence-electron chi connectivity index (χ3n) is 17.7. The molecule has 95 heavy (non-hydrogen) atoms. The average Bonchev–Trinajstić information content (AvgIpc) is 1.51. The molecule has 0 aromatic heterocycles. The Bertz CT molecular complexity index is 1840. The molecule has 3 N–H and O–H groups in total. The van der Waals surface area contributed by atoms with E-state index in [1.54, 1.807) is 0 Å². The second-order valence-corrected chi connectivity index (χ2v) is 31.3. The van der Waals surface area contributed by atoms with Crippen molar-refractivity contribution in [3.8, 4) is 0 Å². The molecule has 0 aliphatic rings. The molecule has 0 heterocycles. The summed E-state index contributed by atoms with van der Waals surface area (Å²) in [5, 5.41) is 10.6. The van der Waals surface area contributed by atoms with Crippen molar-refractivity contribution in [1.82, 2.24) is 0 Å². The second kappa shape index (κ2) is 67.9. The van der Waals surface area contributed by atoms with E-state index in [9.17, 15) is 43.2 Å². The van der Waals surface area contributed by atoms with E-state index in [2.05, 4.69) is 41.5 Å². The minimum Gasteiger partial charge on any atom is -0.462 e. The van der Waals surface area contributed by atoms with Gasteiger partial charge in [0.2, 0.25) is 0 Å². The van der Waals surface area contributed by atoms with Crippen molar-refractivity contribution in [1.29, 1.82) is 0 Å². The molecule has 2 unspecified atom stereocenters. The standard InChI is InChI=1S/C76H148O17P2/c1-7-9-11-13-14-15-16-17-18-19-23-26-29-32-35-41-47-53-59-74(79)87-65-72(93-75(80)60-54-48-42-36-33-30-27-24-21-20-22-25-28-31-34-39-45-50-56-68(3)4)67-91-95(84,85)89-63-70(77)62-88-94(82,83)90-66-71(64-86-73(78)58-52-44-12-10-8-2)92-76(81)61-55-49-43-38-37-40-46-51-57-69(5)6/h68-72,77H,7-67H2,1-6H3,(H,82,83)(H,84,85)/t70-,71+,72+/m0/s1. The van der Waals surface area contributed by atoms with Gasteiger partial charge in [0.15, 0.2) is 12.2 Å². The average molecular weight is 1400 g/mol. The van der Waals surface area contributed by atoms with Crippen LogP contribution in [0.15, 0.2) is 0 Å². The van der Waals surface area contributed by atoms with Gasteiger partial charge in [0, 0.05) is 25.7 Å². The zero-order chi connectivity index (χ0) is 70.0. The van der Waals surface area contributed by atoms with Gasteiger partial charge < -0.3 is 33.8 Å². The van der Waals surface area contributed by atoms with Crippen LogP contribution in [0.5, 0.6) is 0 Å². The number of unbranched alkanes of at least 4 members (excludes halogenated alkanes) is 45. The molecule has 0 bridgehead atoms. The number of aliphatic hydroxyl groups excluding tert-OH is 1. The van der Waals surface area contributed by atoms with Gasteiger partial charge in [0.05, 0.1) is 26.4 Å². The second-order valence-electron chi connectivity index (χ2n) is 28.3. The van der Waals surface area contributed by atoms with Crippen molar-refractivity contribution in [2.45, 2.75) is 413 Å². The molecule has 0 amide bonds. The van der Waals surface area contributed by atoms with Crippen molar-refractivity contribution in [2.75, 3.05) is 39.6 Å². The number of aliphatic hydroxyl groups is 1. The SMILES string of the molecule is CCCCCCCCCCCCCCCCCCCCC(=O)OC[C@H](COP(=O)(O)OC[C@@H](O)COP(=O)(O)OC[C@@H](COC(=O)CCCCCCC)OC(=O)CCCCCCCCCCC(C)C)OC(=O)CCCCCCCCCCCCCCCCCCCCC(C)C. The van der Waals surface area contributed by atoms with E-state index in [1.165, 1.54) is 205 Å². The number of hydrogen-bond donors (Lipinski definition) is 3. The monoisotopic (exact) mass is 1400 g/mol. The first-order valence-corrected chi connectivity index (χ1v) is 42.5. The molecular weight excluding hydrogens is 1250 g/mol. The van der Waals surface area contributed by atoms with Crippen LogP contribution in [-0.2, 0) is 65.4 Å². The molecule has 0 radical (unpaired) electrons. The summed E-state index contributed by atoms with van der Waals surface area (Å²) < 4.78 is 68.2. The number of phosphoric acid groups is 2. The first kappa shape index (κ1) is 93.1. The van der Waals surface area contributed by atoms with Gasteiger partial charge in [0.1, 0.15) is 19.3 Å². The molecule has 0 aliphatic heterocycles. The highest BCUT2D eigenvalue weighted by molar-refractivity contribution is 7.47. The molecule has 19 heteroatoms. The fourth-order valence-electron chi connectivity index (χ4n) is 11.7. The third-order valence-corrected chi connectivity index (χ3v) is 19.6. The molecule has 0 saturated heterocycles. The van der Waals surface area contributed by atoms with E-state index in [1.807, 2.05) is 0 Å². The molecule has 0 spiro atoms. The fourth-order valence-corrected chi connectivity index (χ4v) is 13.2. The first-order valence-electron chi connectivity index (χ1n) is 39.5. The van der Waals surface area contributed by atoms with Gasteiger partial charge in [-0.25, -0.2) is 9.13 Å². The maximum absolute atomic E-state index is 13.1. The first-order chi connectivity index (χ1) is 45.9. The van der Waals surface area contributed by atoms with Crippen LogP contribution in [0.4, 0.5) is 0 Å². The van der Waals surface area contributed by atoms with E-state index >= 15 is 0 Å². The summed E-state index contributed by atoms with van der Waals surface area (Å²) in [6.45, 7) is 9.49. The van der Waals surface area contributed by atoms with Crippen LogP contribution in [-0.4, -0.2) is 96.7 Å². The minimum absolute atomic E-state index is 0.104. The summed E-state index contributed by atoms with van der Waals surface area (Å²) in [7, 11) is -9.90. The Kier molecular flexibility index (Phi) is 66.5. The number of rotatable bonds is 75. The van der Waals surface area contributed by atoms with E-state index in [0.29, 0.717) is 25.7 Å². The number of phosphoric ester groups is 2. The van der Waals surface area contributed by atoms with Crippen molar-refractivity contribution in [2.24, 2.45) is 11.8 Å². The molecule has 0 aromatic rings. The topological polar surface area (TPSA) is 237 Å².